The Morgan fingerprint density at radius 2 is 1.97 bits per heavy atom. The zero-order valence-corrected chi connectivity index (χ0v) is 19.0. The highest BCUT2D eigenvalue weighted by atomic mass is 32.2. The number of nitrogens with one attached hydrogen (secondary N) is 1. The van der Waals surface area contributed by atoms with E-state index in [-0.39, 0.29) is 22.1 Å². The first kappa shape index (κ1) is 22.3. The average Bonchev–Trinajstić information content (AvgIpc) is 2.97. The van der Waals surface area contributed by atoms with Gasteiger partial charge in [-0.3, -0.25) is 4.72 Å². The van der Waals surface area contributed by atoms with Gasteiger partial charge in [-0.15, -0.1) is 23.1 Å². The minimum atomic E-state index is -4.01. The number of nitrogens with zero attached hydrogens (tertiary/aromatic N) is 2. The number of aromatic carboxylic acids is 1. The van der Waals surface area contributed by atoms with E-state index in [1.165, 1.54) is 29.3 Å². The number of aromatic nitrogens is 2. The van der Waals surface area contributed by atoms with Crippen LogP contribution in [-0.4, -0.2) is 34.8 Å². The number of hydrogen-bond acceptors (Lipinski definition) is 7. The molecule has 0 spiro atoms. The first-order valence-electron chi connectivity index (χ1n) is 9.10. The van der Waals surface area contributed by atoms with Crippen LogP contribution >= 0.6 is 23.1 Å². The van der Waals surface area contributed by atoms with Gasteiger partial charge in [-0.1, -0.05) is 31.5 Å². The van der Waals surface area contributed by atoms with Crippen molar-refractivity contribution in [3.05, 3.63) is 51.4 Å². The van der Waals surface area contributed by atoms with Crippen LogP contribution in [-0.2, 0) is 10.0 Å². The third-order valence-electron chi connectivity index (χ3n) is 4.27. The molecule has 2 aliphatic heterocycles. The lowest BCUT2D eigenvalue weighted by atomic mass is 10.2. The van der Waals surface area contributed by atoms with Crippen LogP contribution < -0.4 is 10.4 Å². The fourth-order valence-corrected chi connectivity index (χ4v) is 6.14. The maximum Gasteiger partial charge on any atom is 0.355 e. The molecule has 0 radical (unpaired) electrons. The highest BCUT2D eigenvalue weighted by Gasteiger charge is 2.28. The SMILES string of the molecule is Cc1ccc(S(=O)(=O)Nc2nc(=O)n3c(C(=O)O)csc(SCCC(C)C)c2-3)cc1. The molecule has 0 saturated heterocycles. The van der Waals surface area contributed by atoms with Crippen LogP contribution in [0.5, 0.6) is 0 Å². The van der Waals surface area contributed by atoms with Crippen LogP contribution in [0.15, 0.2) is 43.5 Å². The van der Waals surface area contributed by atoms with E-state index in [1.807, 2.05) is 6.92 Å². The summed E-state index contributed by atoms with van der Waals surface area (Å²) < 4.78 is 29.6. The van der Waals surface area contributed by atoms with Crippen molar-refractivity contribution in [3.8, 4) is 5.69 Å². The predicted octanol–water partition coefficient (Wildman–Crippen LogP) is 3.68. The molecule has 0 fully saturated rings. The summed E-state index contributed by atoms with van der Waals surface area (Å²) in [5, 5.41) is 10.8. The van der Waals surface area contributed by atoms with Crippen molar-refractivity contribution >= 4 is 44.9 Å². The van der Waals surface area contributed by atoms with Gasteiger partial charge >= 0.3 is 11.7 Å². The molecule has 1 aromatic rings. The highest BCUT2D eigenvalue weighted by molar-refractivity contribution is 8.01. The monoisotopic (exact) mass is 467 g/mol. The highest BCUT2D eigenvalue weighted by Crippen LogP contribution is 2.37. The molecule has 2 aliphatic rings. The summed E-state index contributed by atoms with van der Waals surface area (Å²) in [6.07, 6.45) is 0.910. The van der Waals surface area contributed by atoms with E-state index in [2.05, 4.69) is 23.6 Å². The Labute approximate surface area is 182 Å². The number of hydrogen-bond donors (Lipinski definition) is 2. The standard InChI is InChI=1S/C19H21N3O5S3/c1-11(2)8-9-28-18-15-16(20-19(25)22(15)14(10-29-18)17(23)24)21-30(26,27)13-6-4-12(3)5-7-13/h4-7,10-11H,8-9H2,1-3H3,(H,23,24)(H,20,21,25). The van der Waals surface area contributed by atoms with Gasteiger partial charge in [0.2, 0.25) is 0 Å². The first-order chi connectivity index (χ1) is 14.1. The van der Waals surface area contributed by atoms with E-state index in [4.69, 9.17) is 0 Å². The molecular weight excluding hydrogens is 446 g/mol. The van der Waals surface area contributed by atoms with Gasteiger partial charge in [0.1, 0.15) is 11.4 Å². The zero-order chi connectivity index (χ0) is 22.1. The molecule has 3 rings (SSSR count). The second-order valence-corrected chi connectivity index (χ2v) is 11.0. The summed E-state index contributed by atoms with van der Waals surface area (Å²) in [5.74, 6) is -0.263. The van der Waals surface area contributed by atoms with Gasteiger partial charge in [-0.25, -0.2) is 22.6 Å². The van der Waals surface area contributed by atoms with E-state index >= 15 is 0 Å². The Hall–Kier alpha value is -2.37. The number of aryl methyl sites for hydroxylation is 1. The Kier molecular flexibility index (Phi) is 6.53. The fraction of sp³-hybridized carbons (Fsp3) is 0.316. The van der Waals surface area contributed by atoms with Crippen LogP contribution in [0.4, 0.5) is 5.82 Å². The van der Waals surface area contributed by atoms with E-state index in [1.54, 1.807) is 12.1 Å². The zero-order valence-electron chi connectivity index (χ0n) is 16.6. The topological polar surface area (TPSA) is 118 Å². The van der Waals surface area contributed by atoms with Crippen LogP contribution in [0.2, 0.25) is 0 Å². The molecule has 0 saturated carbocycles. The Morgan fingerprint density at radius 3 is 2.57 bits per heavy atom. The van der Waals surface area contributed by atoms with Crippen molar-refractivity contribution < 1.29 is 18.3 Å². The van der Waals surface area contributed by atoms with Crippen molar-refractivity contribution in [1.82, 2.24) is 9.55 Å². The molecule has 8 nitrogen and oxygen atoms in total. The van der Waals surface area contributed by atoms with Gasteiger partial charge in [0, 0.05) is 5.38 Å². The van der Waals surface area contributed by atoms with Gasteiger partial charge in [0.05, 0.1) is 9.10 Å². The molecular formula is C19H21N3O5S3. The fourth-order valence-electron chi connectivity index (χ4n) is 2.64. The molecule has 1 aromatic carbocycles. The third-order valence-corrected chi connectivity index (χ3v) is 7.91. The summed E-state index contributed by atoms with van der Waals surface area (Å²) in [6, 6.07) is 6.24. The summed E-state index contributed by atoms with van der Waals surface area (Å²) >= 11 is 2.59. The van der Waals surface area contributed by atoms with Crippen molar-refractivity contribution in [2.45, 2.75) is 36.3 Å². The predicted molar refractivity (Wildman–Crippen MR) is 118 cm³/mol. The van der Waals surface area contributed by atoms with Crippen LogP contribution in [0.25, 0.3) is 5.69 Å². The number of carboxylic acid groups (broad SMARTS) is 1. The van der Waals surface area contributed by atoms with Crippen LogP contribution in [0.1, 0.15) is 36.3 Å². The number of carbonyl (C=O) groups is 1. The Balaban J connectivity index is 2.08. The molecule has 0 amide bonds. The Morgan fingerprint density at radius 1 is 1.30 bits per heavy atom. The van der Waals surface area contributed by atoms with E-state index < -0.39 is 21.7 Å². The van der Waals surface area contributed by atoms with Crippen molar-refractivity contribution in [1.29, 1.82) is 0 Å². The van der Waals surface area contributed by atoms with E-state index in [9.17, 15) is 23.1 Å². The molecule has 0 aromatic heterocycles. The Bertz CT molecular complexity index is 1200. The van der Waals surface area contributed by atoms with Crippen LogP contribution in [0, 0.1) is 12.8 Å². The second-order valence-electron chi connectivity index (χ2n) is 7.09. The quantitative estimate of drug-likeness (QED) is 0.485. The van der Waals surface area contributed by atoms with Crippen molar-refractivity contribution in [2.24, 2.45) is 5.92 Å². The van der Waals surface area contributed by atoms with E-state index in [0.29, 0.717) is 10.1 Å². The molecule has 11 heteroatoms. The first-order valence-corrected chi connectivity index (χ1v) is 12.4. The number of sulfonamides is 1. The molecule has 0 atom stereocenters. The third kappa shape index (κ3) is 4.68. The lowest BCUT2D eigenvalue weighted by Crippen LogP contribution is -2.21. The van der Waals surface area contributed by atoms with Gasteiger partial charge in [0.15, 0.2) is 5.82 Å². The van der Waals surface area contributed by atoms with Gasteiger partial charge in [-0.05, 0) is 37.1 Å². The average molecular weight is 468 g/mol. The van der Waals surface area contributed by atoms with Gasteiger partial charge < -0.3 is 5.11 Å². The summed E-state index contributed by atoms with van der Waals surface area (Å²) in [4.78, 5) is 27.9. The molecule has 30 heavy (non-hydrogen) atoms. The maximum absolute atomic E-state index is 12.8. The number of imidazole rings is 1. The lowest BCUT2D eigenvalue weighted by Gasteiger charge is -2.14. The minimum absolute atomic E-state index is 0.0220. The number of carboxylic acids is 1. The number of benzene rings is 1. The van der Waals surface area contributed by atoms with Crippen molar-refractivity contribution in [2.75, 3.05) is 10.5 Å². The largest absolute Gasteiger partial charge is 0.477 e. The molecule has 160 valence electrons. The smallest absolute Gasteiger partial charge is 0.355 e. The summed E-state index contributed by atoms with van der Waals surface area (Å²) in [5.41, 5.74) is -0.0432. The number of fused-ring (bicyclic) bond motifs is 1. The van der Waals surface area contributed by atoms with Gasteiger partial charge in [0.25, 0.3) is 10.0 Å². The minimum Gasteiger partial charge on any atom is -0.477 e. The molecule has 0 bridgehead atoms. The maximum atomic E-state index is 12.8. The van der Waals surface area contributed by atoms with Crippen molar-refractivity contribution in [3.63, 3.8) is 0 Å². The number of anilines is 1. The van der Waals surface area contributed by atoms with E-state index in [0.717, 1.165) is 33.6 Å². The second kappa shape index (κ2) is 8.78. The molecule has 2 heterocycles. The normalized spacial score (nSPS) is 11.9. The molecule has 0 aliphatic carbocycles. The molecule has 2 N–H and O–H groups in total. The van der Waals surface area contributed by atoms with Crippen LogP contribution in [0.3, 0.4) is 0 Å². The number of rotatable bonds is 8. The summed E-state index contributed by atoms with van der Waals surface area (Å²) in [6.45, 7) is 6.01. The lowest BCUT2D eigenvalue weighted by molar-refractivity contribution is 0.0687. The summed E-state index contributed by atoms with van der Waals surface area (Å²) in [7, 11) is -4.01. The molecule has 0 unspecified atom stereocenters. The van der Waals surface area contributed by atoms with Gasteiger partial charge in [-0.2, -0.15) is 4.98 Å². The number of thioether (sulfide) groups is 1.